The van der Waals surface area contributed by atoms with Gasteiger partial charge in [-0.3, -0.25) is 14.4 Å². The highest BCUT2D eigenvalue weighted by Gasteiger charge is 2.32. The van der Waals surface area contributed by atoms with Gasteiger partial charge in [-0.05, 0) is 82.9 Å². The molecule has 48 heavy (non-hydrogen) atoms. The zero-order valence-corrected chi connectivity index (χ0v) is 27.4. The van der Waals surface area contributed by atoms with E-state index in [1.807, 2.05) is 50.2 Å². The zero-order valence-electron chi connectivity index (χ0n) is 27.4. The minimum Gasteiger partial charge on any atom is -0.420 e. The molecule has 3 aromatic rings. The summed E-state index contributed by atoms with van der Waals surface area (Å²) in [5.41, 5.74) is 3.01. The molecule has 13 heteroatoms. The van der Waals surface area contributed by atoms with Gasteiger partial charge in [0.25, 0.3) is 11.8 Å². The molecule has 1 aliphatic rings. The van der Waals surface area contributed by atoms with Crippen LogP contribution in [-0.4, -0.2) is 40.9 Å². The van der Waals surface area contributed by atoms with Crippen molar-refractivity contribution in [1.82, 2.24) is 5.06 Å². The SMILES string of the molecule is CC(C)Nc1ccc(CCC(=O)ON2C(=O)CCC2=O)cc1.Cc1c(F)c(F)c(F)c(OC(=O)CCc2ccc(NC(C)C)cc2)c1F. The van der Waals surface area contributed by atoms with Crippen LogP contribution in [0, 0.1) is 30.2 Å². The molecule has 1 heterocycles. The monoisotopic (exact) mass is 673 g/mol. The number of rotatable bonds is 12. The Labute approximate surface area is 276 Å². The highest BCUT2D eigenvalue weighted by molar-refractivity contribution is 6.01. The Morgan fingerprint density at radius 3 is 1.56 bits per heavy atom. The first-order valence-corrected chi connectivity index (χ1v) is 15.5. The number of hydrogen-bond donors (Lipinski definition) is 2. The number of nitrogens with zero attached hydrogens (tertiary/aromatic N) is 1. The second-order valence-electron chi connectivity index (χ2n) is 11.7. The van der Waals surface area contributed by atoms with Crippen LogP contribution < -0.4 is 15.4 Å². The summed E-state index contributed by atoms with van der Waals surface area (Å²) in [4.78, 5) is 51.0. The van der Waals surface area contributed by atoms with E-state index >= 15 is 0 Å². The Morgan fingerprint density at radius 2 is 1.12 bits per heavy atom. The number of anilines is 2. The second-order valence-corrected chi connectivity index (χ2v) is 11.7. The fourth-order valence-corrected chi connectivity index (χ4v) is 4.48. The van der Waals surface area contributed by atoms with Crippen molar-refractivity contribution >= 4 is 35.1 Å². The van der Waals surface area contributed by atoms with Crippen molar-refractivity contribution in [2.75, 3.05) is 10.6 Å². The van der Waals surface area contributed by atoms with Crippen LogP contribution in [0.1, 0.15) is 70.1 Å². The molecule has 0 atom stereocenters. The van der Waals surface area contributed by atoms with E-state index in [2.05, 4.69) is 29.2 Å². The average molecular weight is 674 g/mol. The van der Waals surface area contributed by atoms with E-state index in [0.29, 0.717) is 17.5 Å². The summed E-state index contributed by atoms with van der Waals surface area (Å²) in [6, 6.07) is 15.7. The van der Waals surface area contributed by atoms with Crippen LogP contribution in [0.25, 0.3) is 0 Å². The standard InChI is InChI=1S/C19H19F4NO2.C16H20N2O4/c1-10(2)24-13-7-4-12(5-8-13)6-9-14(25)26-19-16(21)11(3)15(20)17(22)18(19)23;1-11(2)17-13-6-3-12(4-7-13)5-10-16(21)22-18-14(19)8-9-15(18)20/h4-5,7-8,10,24H,6,9H2,1-3H3;3-4,6-7,11,17H,5,8-10H2,1-2H3. The third-order valence-corrected chi connectivity index (χ3v) is 6.91. The van der Waals surface area contributed by atoms with E-state index in [1.165, 1.54) is 0 Å². The third-order valence-electron chi connectivity index (χ3n) is 6.91. The van der Waals surface area contributed by atoms with E-state index in [1.54, 1.807) is 12.1 Å². The van der Waals surface area contributed by atoms with Gasteiger partial charge in [0.2, 0.25) is 11.6 Å². The van der Waals surface area contributed by atoms with Crippen LogP contribution in [0.4, 0.5) is 28.9 Å². The van der Waals surface area contributed by atoms with Crippen LogP contribution in [-0.2, 0) is 36.9 Å². The van der Waals surface area contributed by atoms with Gasteiger partial charge in [0.05, 0.1) is 6.42 Å². The number of halogens is 4. The fourth-order valence-electron chi connectivity index (χ4n) is 4.48. The van der Waals surface area contributed by atoms with Gasteiger partial charge in [-0.25, -0.2) is 18.0 Å². The van der Waals surface area contributed by atoms with E-state index in [4.69, 9.17) is 4.84 Å². The van der Waals surface area contributed by atoms with Crippen LogP contribution in [0.5, 0.6) is 5.75 Å². The molecule has 3 aromatic carbocycles. The van der Waals surface area contributed by atoms with Gasteiger partial charge in [-0.15, -0.1) is 5.06 Å². The summed E-state index contributed by atoms with van der Waals surface area (Å²) < 4.78 is 58.7. The van der Waals surface area contributed by atoms with Crippen molar-refractivity contribution in [2.24, 2.45) is 0 Å². The van der Waals surface area contributed by atoms with Gasteiger partial charge in [-0.2, -0.15) is 4.39 Å². The number of hydroxylamine groups is 2. The van der Waals surface area contributed by atoms with Gasteiger partial charge in [0, 0.05) is 48.3 Å². The number of aryl methyl sites for hydroxylation is 2. The molecule has 0 unspecified atom stereocenters. The number of esters is 1. The first-order chi connectivity index (χ1) is 22.7. The molecule has 2 N–H and O–H groups in total. The molecule has 4 rings (SSSR count). The third kappa shape index (κ3) is 10.8. The number of carbonyl (C=O) groups is 4. The van der Waals surface area contributed by atoms with Crippen molar-refractivity contribution in [3.63, 3.8) is 0 Å². The Morgan fingerprint density at radius 1 is 0.688 bits per heavy atom. The fraction of sp³-hybridized carbons (Fsp3) is 0.371. The van der Waals surface area contributed by atoms with E-state index in [9.17, 15) is 36.7 Å². The average Bonchev–Trinajstić information content (AvgIpc) is 3.36. The molecule has 1 aliphatic heterocycles. The molecule has 2 amide bonds. The highest BCUT2D eigenvalue weighted by Crippen LogP contribution is 2.30. The van der Waals surface area contributed by atoms with Crippen molar-refractivity contribution in [3.8, 4) is 5.75 Å². The Bertz CT molecular complexity index is 1570. The lowest BCUT2D eigenvalue weighted by Crippen LogP contribution is -2.32. The molecule has 1 fully saturated rings. The Balaban J connectivity index is 0.000000264. The highest BCUT2D eigenvalue weighted by atomic mass is 19.2. The summed E-state index contributed by atoms with van der Waals surface area (Å²) in [6.07, 6.45) is 0.929. The molecule has 0 saturated carbocycles. The minimum atomic E-state index is -1.88. The van der Waals surface area contributed by atoms with Crippen molar-refractivity contribution in [1.29, 1.82) is 0 Å². The lowest BCUT2D eigenvalue weighted by atomic mass is 10.1. The predicted octanol–water partition coefficient (Wildman–Crippen LogP) is 6.96. The molecule has 258 valence electrons. The van der Waals surface area contributed by atoms with E-state index in [0.717, 1.165) is 29.4 Å². The molecular weight excluding hydrogens is 634 g/mol. The van der Waals surface area contributed by atoms with Crippen molar-refractivity contribution in [2.45, 2.75) is 85.2 Å². The zero-order chi connectivity index (χ0) is 35.5. The maximum Gasteiger partial charge on any atom is 0.333 e. The Kier molecular flexibility index (Phi) is 13.5. The number of hydrogen-bond acceptors (Lipinski definition) is 8. The Hall–Kier alpha value is -4.94. The minimum absolute atomic E-state index is 0.108. The van der Waals surface area contributed by atoms with E-state index in [-0.39, 0.29) is 38.1 Å². The van der Waals surface area contributed by atoms with Crippen LogP contribution in [0.2, 0.25) is 0 Å². The topological polar surface area (TPSA) is 114 Å². The van der Waals surface area contributed by atoms with Crippen LogP contribution in [0.15, 0.2) is 48.5 Å². The lowest BCUT2D eigenvalue weighted by molar-refractivity contribution is -0.197. The lowest BCUT2D eigenvalue weighted by Gasteiger charge is -2.13. The van der Waals surface area contributed by atoms with Gasteiger partial charge in [-0.1, -0.05) is 24.3 Å². The van der Waals surface area contributed by atoms with Gasteiger partial charge in [0.1, 0.15) is 0 Å². The van der Waals surface area contributed by atoms with Gasteiger partial charge >= 0.3 is 11.9 Å². The summed E-state index contributed by atoms with van der Waals surface area (Å²) in [7, 11) is 0. The van der Waals surface area contributed by atoms with Gasteiger partial charge in [0.15, 0.2) is 17.5 Å². The number of nitrogens with one attached hydrogen (secondary N) is 2. The quantitative estimate of drug-likeness (QED) is 0.0530. The van der Waals surface area contributed by atoms with Crippen molar-refractivity contribution in [3.05, 3.63) is 88.5 Å². The molecule has 0 aliphatic carbocycles. The largest absolute Gasteiger partial charge is 0.420 e. The second kappa shape index (κ2) is 17.3. The van der Waals surface area contributed by atoms with E-state index < -0.39 is 58.3 Å². The first-order valence-electron chi connectivity index (χ1n) is 15.5. The maximum absolute atomic E-state index is 13.8. The molecule has 0 radical (unpaired) electrons. The summed E-state index contributed by atoms with van der Waals surface area (Å²) in [6.45, 7) is 9.05. The predicted molar refractivity (Wildman–Crippen MR) is 171 cm³/mol. The summed E-state index contributed by atoms with van der Waals surface area (Å²) in [5, 5.41) is 7.08. The van der Waals surface area contributed by atoms with Gasteiger partial charge < -0.3 is 20.2 Å². The smallest absolute Gasteiger partial charge is 0.333 e. The number of carbonyl (C=O) groups excluding carboxylic acids is 4. The normalized spacial score (nSPS) is 12.6. The molecule has 1 saturated heterocycles. The summed E-state index contributed by atoms with van der Waals surface area (Å²) in [5.74, 6) is -10.5. The number of benzene rings is 3. The van der Waals surface area contributed by atoms with Crippen LogP contribution in [0.3, 0.4) is 0 Å². The molecular formula is C35H39F4N3O6. The van der Waals surface area contributed by atoms with Crippen molar-refractivity contribution < 1.29 is 46.3 Å². The number of ether oxygens (including phenoxy) is 1. The molecule has 9 nitrogen and oxygen atoms in total. The number of amides is 2. The number of imide groups is 1. The summed E-state index contributed by atoms with van der Waals surface area (Å²) >= 11 is 0. The maximum atomic E-state index is 13.8. The first kappa shape index (κ1) is 37.5. The molecule has 0 spiro atoms. The molecule has 0 bridgehead atoms. The molecule has 0 aromatic heterocycles. The van der Waals surface area contributed by atoms with Crippen LogP contribution >= 0.6 is 0 Å².